The van der Waals surface area contributed by atoms with Gasteiger partial charge >= 0.3 is 0 Å². The van der Waals surface area contributed by atoms with Crippen molar-refractivity contribution in [3.05, 3.63) is 35.6 Å². The van der Waals surface area contributed by atoms with Gasteiger partial charge in [-0.05, 0) is 18.2 Å². The highest BCUT2D eigenvalue weighted by Gasteiger charge is 2.26. The van der Waals surface area contributed by atoms with Crippen LogP contribution < -0.4 is 5.32 Å². The second-order valence-electron chi connectivity index (χ2n) is 7.12. The first-order valence-electron chi connectivity index (χ1n) is 8.29. The van der Waals surface area contributed by atoms with Gasteiger partial charge in [0.1, 0.15) is 5.82 Å². The van der Waals surface area contributed by atoms with Crippen molar-refractivity contribution in [2.75, 3.05) is 32.7 Å². The summed E-state index contributed by atoms with van der Waals surface area (Å²) in [6.07, 6.45) is 0. The Labute approximate surface area is 147 Å². The zero-order valence-electron chi connectivity index (χ0n) is 14.8. The Hall–Kier alpha value is -2.44. The molecular weight excluding hydrogens is 325 g/mol. The number of rotatable bonds is 3. The van der Waals surface area contributed by atoms with Gasteiger partial charge in [0.25, 0.3) is 5.91 Å². The quantitative estimate of drug-likeness (QED) is 0.893. The average Bonchev–Trinajstić information content (AvgIpc) is 2.58. The van der Waals surface area contributed by atoms with Crippen molar-refractivity contribution in [1.29, 1.82) is 0 Å². The summed E-state index contributed by atoms with van der Waals surface area (Å²) in [6.45, 7) is 6.85. The van der Waals surface area contributed by atoms with Crippen molar-refractivity contribution in [1.82, 2.24) is 15.1 Å². The lowest BCUT2D eigenvalue weighted by Crippen LogP contribution is -2.53. The zero-order valence-corrected chi connectivity index (χ0v) is 14.8. The fraction of sp³-hybridized carbons (Fsp3) is 0.500. The van der Waals surface area contributed by atoms with E-state index in [1.807, 2.05) is 0 Å². The minimum atomic E-state index is -0.545. The average molecular weight is 349 g/mol. The molecule has 1 heterocycles. The van der Waals surface area contributed by atoms with Crippen molar-refractivity contribution in [2.45, 2.75) is 20.8 Å². The summed E-state index contributed by atoms with van der Waals surface area (Å²) in [5, 5.41) is 2.63. The third-order valence-electron chi connectivity index (χ3n) is 4.07. The molecule has 3 amide bonds. The Morgan fingerprint density at radius 1 is 1.08 bits per heavy atom. The Bertz CT molecular complexity index is 662. The third-order valence-corrected chi connectivity index (χ3v) is 4.07. The van der Waals surface area contributed by atoms with E-state index in [1.165, 1.54) is 18.2 Å². The maximum Gasteiger partial charge on any atom is 0.254 e. The molecule has 1 aliphatic heterocycles. The molecule has 7 heteroatoms. The van der Waals surface area contributed by atoms with Gasteiger partial charge in [-0.15, -0.1) is 0 Å². The highest BCUT2D eigenvalue weighted by atomic mass is 19.1. The Morgan fingerprint density at radius 2 is 1.68 bits per heavy atom. The number of hydrogen-bond donors (Lipinski definition) is 1. The van der Waals surface area contributed by atoms with Crippen LogP contribution in [0, 0.1) is 11.2 Å². The van der Waals surface area contributed by atoms with Crippen molar-refractivity contribution >= 4 is 17.7 Å². The lowest BCUT2D eigenvalue weighted by atomic mass is 9.96. The van der Waals surface area contributed by atoms with E-state index in [0.717, 1.165) is 0 Å². The lowest BCUT2D eigenvalue weighted by Gasteiger charge is -2.35. The molecule has 1 aliphatic rings. The highest BCUT2D eigenvalue weighted by molar-refractivity contribution is 5.94. The Kier molecular flexibility index (Phi) is 5.77. The zero-order chi connectivity index (χ0) is 18.6. The fourth-order valence-corrected chi connectivity index (χ4v) is 2.50. The van der Waals surface area contributed by atoms with Gasteiger partial charge in [0.15, 0.2) is 0 Å². The Morgan fingerprint density at radius 3 is 2.24 bits per heavy atom. The summed E-state index contributed by atoms with van der Waals surface area (Å²) >= 11 is 0. The summed E-state index contributed by atoms with van der Waals surface area (Å²) < 4.78 is 13.2. The SMILES string of the molecule is CC(C)(C)C(=O)NCC(=O)N1CCN(C(=O)c2cccc(F)c2)CC1. The Balaban J connectivity index is 1.84. The molecule has 0 bridgehead atoms. The van der Waals surface area contributed by atoms with Crippen LogP contribution in [-0.4, -0.2) is 60.2 Å². The molecule has 0 atom stereocenters. The molecule has 0 radical (unpaired) electrons. The molecular formula is C18H24FN3O3. The van der Waals surface area contributed by atoms with E-state index in [-0.39, 0.29) is 24.3 Å². The van der Waals surface area contributed by atoms with Crippen molar-refractivity contribution in [2.24, 2.45) is 5.41 Å². The predicted molar refractivity (Wildman–Crippen MR) is 91.3 cm³/mol. The van der Waals surface area contributed by atoms with Crippen molar-refractivity contribution < 1.29 is 18.8 Å². The van der Waals surface area contributed by atoms with Gasteiger partial charge in [-0.25, -0.2) is 4.39 Å². The summed E-state index contributed by atoms with van der Waals surface area (Å²) in [5.41, 5.74) is -0.242. The van der Waals surface area contributed by atoms with E-state index < -0.39 is 11.2 Å². The molecule has 6 nitrogen and oxygen atoms in total. The van der Waals surface area contributed by atoms with Gasteiger partial charge < -0.3 is 15.1 Å². The van der Waals surface area contributed by atoms with E-state index in [4.69, 9.17) is 0 Å². The molecule has 1 aromatic carbocycles. The molecule has 1 fully saturated rings. The molecule has 1 N–H and O–H groups in total. The van der Waals surface area contributed by atoms with Crippen LogP contribution in [0.25, 0.3) is 0 Å². The number of carbonyl (C=O) groups excluding carboxylic acids is 3. The van der Waals surface area contributed by atoms with Crippen LogP contribution in [0.5, 0.6) is 0 Å². The lowest BCUT2D eigenvalue weighted by molar-refractivity contribution is -0.136. The van der Waals surface area contributed by atoms with E-state index in [9.17, 15) is 18.8 Å². The van der Waals surface area contributed by atoms with E-state index in [0.29, 0.717) is 31.7 Å². The number of halogens is 1. The van der Waals surface area contributed by atoms with Crippen LogP contribution in [0.1, 0.15) is 31.1 Å². The predicted octanol–water partition coefficient (Wildman–Crippen LogP) is 1.27. The number of nitrogens with zero attached hydrogens (tertiary/aromatic N) is 2. The number of piperazine rings is 1. The van der Waals surface area contributed by atoms with E-state index in [1.54, 1.807) is 36.6 Å². The first-order valence-corrected chi connectivity index (χ1v) is 8.29. The molecule has 0 aliphatic carbocycles. The summed E-state index contributed by atoms with van der Waals surface area (Å²) in [5.74, 6) is -1.04. The monoisotopic (exact) mass is 349 g/mol. The molecule has 0 aromatic heterocycles. The molecule has 1 aromatic rings. The normalized spacial score (nSPS) is 15.0. The van der Waals surface area contributed by atoms with E-state index in [2.05, 4.69) is 5.32 Å². The molecule has 2 rings (SSSR count). The molecule has 0 spiro atoms. The fourth-order valence-electron chi connectivity index (χ4n) is 2.50. The summed E-state index contributed by atoms with van der Waals surface area (Å²) in [6, 6.07) is 5.58. The van der Waals surface area contributed by atoms with Gasteiger partial charge in [-0.2, -0.15) is 0 Å². The number of amides is 3. The van der Waals surface area contributed by atoms with Gasteiger partial charge in [-0.3, -0.25) is 14.4 Å². The highest BCUT2D eigenvalue weighted by Crippen LogP contribution is 2.13. The topological polar surface area (TPSA) is 69.7 Å². The maximum atomic E-state index is 13.2. The smallest absolute Gasteiger partial charge is 0.254 e. The molecule has 0 saturated carbocycles. The second kappa shape index (κ2) is 7.63. The van der Waals surface area contributed by atoms with Crippen molar-refractivity contribution in [3.63, 3.8) is 0 Å². The summed E-state index contributed by atoms with van der Waals surface area (Å²) in [4.78, 5) is 39.6. The minimum Gasteiger partial charge on any atom is -0.347 e. The standard InChI is InChI=1S/C18H24FN3O3/c1-18(2,3)17(25)20-12-15(23)21-7-9-22(10-8-21)16(24)13-5-4-6-14(19)11-13/h4-6,11H,7-10,12H2,1-3H3,(H,20,25). The summed E-state index contributed by atoms with van der Waals surface area (Å²) in [7, 11) is 0. The van der Waals surface area contributed by atoms with E-state index >= 15 is 0 Å². The second-order valence-corrected chi connectivity index (χ2v) is 7.12. The van der Waals surface area contributed by atoms with Crippen LogP contribution >= 0.6 is 0 Å². The molecule has 25 heavy (non-hydrogen) atoms. The number of nitrogens with one attached hydrogen (secondary N) is 1. The number of carbonyl (C=O) groups is 3. The van der Waals surface area contributed by atoms with Crippen LogP contribution in [-0.2, 0) is 9.59 Å². The van der Waals surface area contributed by atoms with Gasteiger partial charge in [-0.1, -0.05) is 26.8 Å². The third kappa shape index (κ3) is 5.01. The van der Waals surface area contributed by atoms with Crippen LogP contribution in [0.15, 0.2) is 24.3 Å². The van der Waals surface area contributed by atoms with Crippen LogP contribution in [0.3, 0.4) is 0 Å². The van der Waals surface area contributed by atoms with Gasteiger partial charge in [0, 0.05) is 37.2 Å². The number of benzene rings is 1. The van der Waals surface area contributed by atoms with Gasteiger partial charge in [0.2, 0.25) is 11.8 Å². The molecule has 136 valence electrons. The maximum absolute atomic E-state index is 13.2. The number of hydrogen-bond acceptors (Lipinski definition) is 3. The molecule has 0 unspecified atom stereocenters. The van der Waals surface area contributed by atoms with Crippen LogP contribution in [0.4, 0.5) is 4.39 Å². The molecule has 1 saturated heterocycles. The minimum absolute atomic E-state index is 0.0477. The van der Waals surface area contributed by atoms with Crippen LogP contribution in [0.2, 0.25) is 0 Å². The van der Waals surface area contributed by atoms with Crippen molar-refractivity contribution in [3.8, 4) is 0 Å². The van der Waals surface area contributed by atoms with Gasteiger partial charge in [0.05, 0.1) is 6.54 Å². The largest absolute Gasteiger partial charge is 0.347 e. The first kappa shape index (κ1) is 18.9. The first-order chi connectivity index (χ1) is 11.7.